The minimum Gasteiger partial charge on any atom is -0.328 e. The van der Waals surface area contributed by atoms with Gasteiger partial charge in [-0.3, -0.25) is 0 Å². The number of nitrogens with zero attached hydrogens (tertiary/aromatic N) is 4. The van der Waals surface area contributed by atoms with Crippen LogP contribution in [-0.4, -0.2) is 32.3 Å². The van der Waals surface area contributed by atoms with Crippen molar-refractivity contribution < 1.29 is 4.39 Å². The summed E-state index contributed by atoms with van der Waals surface area (Å²) in [6, 6.07) is 7.11. The van der Waals surface area contributed by atoms with Gasteiger partial charge >= 0.3 is 0 Å². The fourth-order valence-electron chi connectivity index (χ4n) is 3.38. The molecule has 1 saturated carbocycles. The van der Waals surface area contributed by atoms with Crippen molar-refractivity contribution in [3.8, 4) is 0 Å². The molecule has 136 valence electrons. The van der Waals surface area contributed by atoms with Crippen molar-refractivity contribution >= 4 is 0 Å². The molecule has 0 aliphatic heterocycles. The van der Waals surface area contributed by atoms with Crippen molar-refractivity contribution in [1.82, 2.24) is 25.5 Å². The summed E-state index contributed by atoms with van der Waals surface area (Å²) in [6.07, 6.45) is 6.22. The van der Waals surface area contributed by atoms with Gasteiger partial charge in [0.2, 0.25) is 0 Å². The van der Waals surface area contributed by atoms with Gasteiger partial charge in [-0.05, 0) is 60.2 Å². The number of rotatable bonds is 7. The van der Waals surface area contributed by atoms with Crippen LogP contribution in [0.3, 0.4) is 0 Å². The van der Waals surface area contributed by atoms with E-state index in [1.165, 1.54) is 12.1 Å². The molecule has 6 nitrogen and oxygen atoms in total. The maximum Gasteiger partial charge on any atom is 0.172 e. The molecule has 25 heavy (non-hydrogen) atoms. The highest BCUT2D eigenvalue weighted by Gasteiger charge is 2.26. The number of nitrogens with one attached hydrogen (secondary N) is 1. The summed E-state index contributed by atoms with van der Waals surface area (Å²) >= 11 is 0. The van der Waals surface area contributed by atoms with Gasteiger partial charge in [0.25, 0.3) is 0 Å². The maximum absolute atomic E-state index is 13.4. The Bertz CT molecular complexity index is 648. The minimum absolute atomic E-state index is 0.146. The molecule has 0 radical (unpaired) electrons. The van der Waals surface area contributed by atoms with Crippen molar-refractivity contribution in [2.75, 3.05) is 0 Å². The molecule has 3 N–H and O–H groups in total. The summed E-state index contributed by atoms with van der Waals surface area (Å²) < 4.78 is 15.2. The molecule has 2 aromatic rings. The number of unbranched alkanes of at least 4 members (excludes halogenated alkanes) is 1. The molecule has 0 bridgehead atoms. The first-order chi connectivity index (χ1) is 12.2. The van der Waals surface area contributed by atoms with Gasteiger partial charge in [0.05, 0.1) is 6.04 Å². The molecule has 3 rings (SSSR count). The van der Waals surface area contributed by atoms with Crippen LogP contribution in [0.5, 0.6) is 0 Å². The van der Waals surface area contributed by atoms with E-state index in [2.05, 4.69) is 27.8 Å². The number of nitrogens with two attached hydrogens (primary N) is 1. The first-order valence-corrected chi connectivity index (χ1v) is 9.20. The van der Waals surface area contributed by atoms with Crippen LogP contribution in [-0.2, 0) is 6.54 Å². The van der Waals surface area contributed by atoms with E-state index in [4.69, 9.17) is 5.73 Å². The fraction of sp³-hybridized carbons (Fsp3) is 0.611. The number of halogens is 1. The fourth-order valence-corrected chi connectivity index (χ4v) is 3.38. The zero-order valence-electron chi connectivity index (χ0n) is 14.7. The average molecular weight is 346 g/mol. The van der Waals surface area contributed by atoms with Crippen LogP contribution in [0.4, 0.5) is 4.39 Å². The van der Waals surface area contributed by atoms with Crippen molar-refractivity contribution in [1.29, 1.82) is 0 Å². The lowest BCUT2D eigenvalue weighted by atomic mass is 9.90. The van der Waals surface area contributed by atoms with Crippen LogP contribution >= 0.6 is 0 Å². The number of tetrazole rings is 1. The van der Waals surface area contributed by atoms with Crippen LogP contribution in [0.15, 0.2) is 24.3 Å². The number of benzene rings is 1. The molecule has 1 atom stereocenters. The molecular weight excluding hydrogens is 319 g/mol. The molecule has 1 aliphatic carbocycles. The number of hydrogen-bond acceptors (Lipinski definition) is 5. The third-order valence-electron chi connectivity index (χ3n) is 4.92. The molecule has 1 aromatic heterocycles. The Kier molecular flexibility index (Phi) is 6.09. The lowest BCUT2D eigenvalue weighted by Crippen LogP contribution is -2.40. The second kappa shape index (κ2) is 8.49. The molecule has 0 saturated heterocycles. The quantitative estimate of drug-likeness (QED) is 0.805. The highest BCUT2D eigenvalue weighted by Crippen LogP contribution is 2.25. The van der Waals surface area contributed by atoms with Crippen molar-refractivity contribution in [3.63, 3.8) is 0 Å². The van der Waals surface area contributed by atoms with Gasteiger partial charge in [0.1, 0.15) is 5.82 Å². The van der Waals surface area contributed by atoms with Gasteiger partial charge in [-0.2, -0.15) is 0 Å². The normalized spacial score (nSPS) is 22.0. The molecule has 1 unspecified atom stereocenters. The first kappa shape index (κ1) is 17.9. The summed E-state index contributed by atoms with van der Waals surface area (Å²) in [5.41, 5.74) is 7.00. The van der Waals surface area contributed by atoms with Crippen LogP contribution in [0.2, 0.25) is 0 Å². The minimum atomic E-state index is -0.239. The first-order valence-electron chi connectivity index (χ1n) is 9.20. The van der Waals surface area contributed by atoms with Gasteiger partial charge in [0, 0.05) is 18.6 Å². The van der Waals surface area contributed by atoms with E-state index in [9.17, 15) is 4.39 Å². The molecule has 7 heteroatoms. The van der Waals surface area contributed by atoms with Gasteiger partial charge in [-0.15, -0.1) is 5.10 Å². The molecule has 0 spiro atoms. The van der Waals surface area contributed by atoms with E-state index in [1.807, 2.05) is 4.68 Å². The van der Waals surface area contributed by atoms with E-state index < -0.39 is 0 Å². The van der Waals surface area contributed by atoms with Crippen molar-refractivity contribution in [2.24, 2.45) is 5.73 Å². The lowest BCUT2D eigenvalue weighted by molar-refractivity contribution is 0.320. The van der Waals surface area contributed by atoms with E-state index in [0.717, 1.165) is 56.5 Å². The Morgan fingerprint density at radius 3 is 2.64 bits per heavy atom. The van der Waals surface area contributed by atoms with E-state index in [1.54, 1.807) is 12.1 Å². The third kappa shape index (κ3) is 4.61. The summed E-state index contributed by atoms with van der Waals surface area (Å²) in [5, 5.41) is 16.0. The molecule has 1 aliphatic rings. The number of hydrogen-bond donors (Lipinski definition) is 2. The maximum atomic E-state index is 13.4. The average Bonchev–Trinajstić information content (AvgIpc) is 3.08. The standard InChI is InChI=1S/C18H27FN6/c1-2-3-12-25-18(22-23-24-25)17(13-4-6-14(19)7-5-13)21-16-10-8-15(20)9-11-16/h4-7,15-17,21H,2-3,8-12,20H2,1H3. The topological polar surface area (TPSA) is 81.7 Å². The van der Waals surface area contributed by atoms with Crippen LogP contribution in [0, 0.1) is 5.82 Å². The van der Waals surface area contributed by atoms with Crippen molar-refractivity contribution in [2.45, 2.75) is 70.1 Å². The van der Waals surface area contributed by atoms with Gasteiger partial charge in [-0.25, -0.2) is 9.07 Å². The SMILES string of the molecule is CCCCn1nnnc1C(NC1CCC(N)CC1)c1ccc(F)cc1. The summed E-state index contributed by atoms with van der Waals surface area (Å²) in [6.45, 7) is 2.93. The Balaban J connectivity index is 1.84. The van der Waals surface area contributed by atoms with Crippen LogP contribution in [0.1, 0.15) is 62.9 Å². The molecule has 0 amide bonds. The van der Waals surface area contributed by atoms with Gasteiger partial charge in [0.15, 0.2) is 5.82 Å². The second-order valence-electron chi connectivity index (χ2n) is 6.88. The Morgan fingerprint density at radius 1 is 1.24 bits per heavy atom. The van der Waals surface area contributed by atoms with E-state index >= 15 is 0 Å². The van der Waals surface area contributed by atoms with Gasteiger partial charge in [-0.1, -0.05) is 25.5 Å². The molecule has 1 heterocycles. The van der Waals surface area contributed by atoms with Crippen LogP contribution in [0.25, 0.3) is 0 Å². The molecular formula is C18H27FN6. The Morgan fingerprint density at radius 2 is 1.96 bits per heavy atom. The van der Waals surface area contributed by atoms with Gasteiger partial charge < -0.3 is 11.1 Å². The third-order valence-corrected chi connectivity index (χ3v) is 4.92. The smallest absolute Gasteiger partial charge is 0.172 e. The molecule has 1 aromatic carbocycles. The van der Waals surface area contributed by atoms with Crippen LogP contribution < -0.4 is 11.1 Å². The Labute approximate surface area is 148 Å². The Hall–Kier alpha value is -1.86. The lowest BCUT2D eigenvalue weighted by Gasteiger charge is -2.30. The number of aryl methyl sites for hydroxylation is 1. The zero-order valence-corrected chi connectivity index (χ0v) is 14.7. The second-order valence-corrected chi connectivity index (χ2v) is 6.88. The monoisotopic (exact) mass is 346 g/mol. The number of aromatic nitrogens is 4. The largest absolute Gasteiger partial charge is 0.328 e. The summed E-state index contributed by atoms with van der Waals surface area (Å²) in [5.74, 6) is 0.548. The predicted octanol–water partition coefficient (Wildman–Crippen LogP) is 2.56. The molecule has 1 fully saturated rings. The summed E-state index contributed by atoms with van der Waals surface area (Å²) in [7, 11) is 0. The van der Waals surface area contributed by atoms with Crippen molar-refractivity contribution in [3.05, 3.63) is 41.5 Å². The predicted molar refractivity (Wildman–Crippen MR) is 94.3 cm³/mol. The zero-order chi connectivity index (χ0) is 17.6. The highest BCUT2D eigenvalue weighted by atomic mass is 19.1. The highest BCUT2D eigenvalue weighted by molar-refractivity contribution is 5.25. The van der Waals surface area contributed by atoms with E-state index in [-0.39, 0.29) is 11.9 Å². The van der Waals surface area contributed by atoms with E-state index in [0.29, 0.717) is 12.1 Å². The summed E-state index contributed by atoms with van der Waals surface area (Å²) in [4.78, 5) is 0.